The molecule has 0 aromatic heterocycles. The fraction of sp³-hybridized carbons (Fsp3) is 0.538. The molecule has 0 atom stereocenters. The molecule has 84 valence electrons. The first kappa shape index (κ1) is 12.6. The summed E-state index contributed by atoms with van der Waals surface area (Å²) in [6.45, 7) is 4.69. The zero-order valence-electron chi connectivity index (χ0n) is 10.6. The molecule has 0 saturated carbocycles. The molecule has 0 N–H and O–H groups in total. The number of benzene rings is 1. The van der Waals surface area contributed by atoms with Crippen LogP contribution in [0.3, 0.4) is 0 Å². The maximum atomic E-state index is 2.52. The molecule has 0 amide bonds. The first-order valence-corrected chi connectivity index (χ1v) is 11.1. The number of anilines is 1. The van der Waals surface area contributed by atoms with E-state index in [9.17, 15) is 0 Å². The van der Waals surface area contributed by atoms with Gasteiger partial charge in [-0.25, -0.2) is 0 Å². The van der Waals surface area contributed by atoms with Crippen LogP contribution in [0.5, 0.6) is 0 Å². The Morgan fingerprint density at radius 1 is 1.00 bits per heavy atom. The summed E-state index contributed by atoms with van der Waals surface area (Å²) in [5.41, 5.74) is 3.82. The van der Waals surface area contributed by atoms with E-state index in [4.69, 9.17) is 0 Å². The Bertz CT molecular complexity index is 299. The van der Waals surface area contributed by atoms with Crippen molar-refractivity contribution in [1.82, 2.24) is 0 Å². The van der Waals surface area contributed by atoms with Crippen LogP contribution in [0.4, 0.5) is 5.69 Å². The minimum atomic E-state index is -1.50. The summed E-state index contributed by atoms with van der Waals surface area (Å²) in [5, 5.41) is 2.74. The Labute approximate surface area is 96.9 Å². The molecule has 15 heavy (non-hydrogen) atoms. The van der Waals surface area contributed by atoms with Crippen molar-refractivity contribution in [2.45, 2.75) is 30.0 Å². The molecule has 0 spiro atoms. The predicted octanol–water partition coefficient (Wildman–Crippen LogP) is 3.08. The van der Waals surface area contributed by atoms with Crippen LogP contribution in [0.1, 0.15) is 13.8 Å². The van der Waals surface area contributed by atoms with E-state index in [2.05, 4.69) is 62.8 Å². The van der Waals surface area contributed by atoms with Gasteiger partial charge in [0.2, 0.25) is 0 Å². The van der Waals surface area contributed by atoms with Crippen LogP contribution in [-0.2, 0) is 0 Å². The van der Waals surface area contributed by atoms with Gasteiger partial charge in [-0.1, -0.05) is 0 Å². The molecule has 1 aromatic carbocycles. The van der Waals surface area contributed by atoms with Gasteiger partial charge >= 0.3 is 96.8 Å². The van der Waals surface area contributed by atoms with Crippen molar-refractivity contribution < 1.29 is 0 Å². The van der Waals surface area contributed by atoms with E-state index in [1.54, 1.807) is 4.35 Å². The Morgan fingerprint density at radius 2 is 1.47 bits per heavy atom. The van der Waals surface area contributed by atoms with Crippen LogP contribution < -0.4 is 9.25 Å². The van der Waals surface area contributed by atoms with Crippen molar-refractivity contribution in [3.05, 3.63) is 24.3 Å². The third kappa shape index (κ3) is 2.78. The average molecular weight is 268 g/mol. The van der Waals surface area contributed by atoms with E-state index < -0.39 is 13.6 Å². The first-order valence-electron chi connectivity index (χ1n) is 5.66. The molecule has 0 heterocycles. The van der Waals surface area contributed by atoms with Gasteiger partial charge in [0.15, 0.2) is 0 Å². The quantitative estimate of drug-likeness (QED) is 0.758. The molecule has 0 saturated heterocycles. The fourth-order valence-corrected chi connectivity index (χ4v) is 5.99. The summed E-state index contributed by atoms with van der Waals surface area (Å²) in [4.78, 5) is 2.16. The third-order valence-electron chi connectivity index (χ3n) is 3.39. The zero-order valence-corrected chi connectivity index (χ0v) is 12.5. The topological polar surface area (TPSA) is 3.24 Å². The minimum absolute atomic E-state index is 1.30. The van der Waals surface area contributed by atoms with Gasteiger partial charge < -0.3 is 0 Å². The van der Waals surface area contributed by atoms with Crippen molar-refractivity contribution in [1.29, 1.82) is 0 Å². The van der Waals surface area contributed by atoms with Crippen LogP contribution in [0.2, 0.25) is 16.1 Å². The van der Waals surface area contributed by atoms with Gasteiger partial charge in [0.05, 0.1) is 0 Å². The van der Waals surface area contributed by atoms with E-state index in [0.29, 0.717) is 0 Å². The Balaban J connectivity index is 2.97. The van der Waals surface area contributed by atoms with Crippen LogP contribution >= 0.6 is 0 Å². The van der Waals surface area contributed by atoms with Gasteiger partial charge in [-0.05, 0) is 0 Å². The van der Waals surface area contributed by atoms with E-state index in [-0.39, 0.29) is 0 Å². The normalized spacial score (nSPS) is 11.5. The predicted molar refractivity (Wildman–Crippen MR) is 73.0 cm³/mol. The van der Waals surface area contributed by atoms with E-state index in [0.717, 1.165) is 0 Å². The van der Waals surface area contributed by atoms with Crippen LogP contribution in [-0.4, -0.2) is 27.6 Å². The number of nitrogens with zero attached hydrogens (tertiary/aromatic N) is 1. The number of rotatable bonds is 4. The zero-order chi connectivity index (χ0) is 11.5. The molecule has 0 bridgehead atoms. The Morgan fingerprint density at radius 3 is 1.80 bits per heavy atom. The Kier molecular flexibility index (Phi) is 4.28. The second kappa shape index (κ2) is 5.07. The first-order chi connectivity index (χ1) is 7.03. The van der Waals surface area contributed by atoms with Crippen LogP contribution in [0, 0.1) is 0 Å². The summed E-state index contributed by atoms with van der Waals surface area (Å²) >= 11 is -1.50. The molecule has 1 nitrogen and oxygen atoms in total. The summed E-state index contributed by atoms with van der Waals surface area (Å²) in [5.74, 6) is 0. The molecule has 2 heteroatoms. The van der Waals surface area contributed by atoms with E-state index in [1.807, 2.05) is 0 Å². The second-order valence-electron chi connectivity index (χ2n) is 4.44. The molecule has 0 unspecified atom stereocenters. The van der Waals surface area contributed by atoms with E-state index in [1.165, 1.54) is 16.1 Å². The van der Waals surface area contributed by atoms with Crippen molar-refractivity contribution >= 4 is 23.6 Å². The second-order valence-corrected chi connectivity index (χ2v) is 14.0. The molecule has 0 aliphatic heterocycles. The molecule has 0 aliphatic carbocycles. The molecular formula is C13H23AsN+. The standard InChI is InChI=1S/C13H23AsN/c1-6-14(3,7-2)12-8-10-13(11-9-12)15(4)5/h8-11H,6-7H2,1-5H3/q+1. The van der Waals surface area contributed by atoms with E-state index >= 15 is 0 Å². The maximum absolute atomic E-state index is 2.52. The molecule has 0 aliphatic rings. The van der Waals surface area contributed by atoms with Crippen molar-refractivity contribution in [3.63, 3.8) is 0 Å². The van der Waals surface area contributed by atoms with Crippen molar-refractivity contribution in [2.75, 3.05) is 19.0 Å². The van der Waals surface area contributed by atoms with Gasteiger partial charge in [-0.2, -0.15) is 0 Å². The van der Waals surface area contributed by atoms with Crippen molar-refractivity contribution in [2.24, 2.45) is 0 Å². The molecule has 1 rings (SSSR count). The van der Waals surface area contributed by atoms with Gasteiger partial charge in [0.1, 0.15) is 0 Å². The Hall–Kier alpha value is -0.422. The summed E-state index contributed by atoms with van der Waals surface area (Å²) in [6, 6.07) is 9.19. The molecule has 0 fully saturated rings. The fourth-order valence-electron chi connectivity index (χ4n) is 1.70. The SMILES string of the molecule is CC[As+](C)(CC)c1ccc(N(C)C)cc1. The third-order valence-corrected chi connectivity index (χ3v) is 12.5. The summed E-state index contributed by atoms with van der Waals surface area (Å²) < 4.78 is 1.63. The van der Waals surface area contributed by atoms with Crippen molar-refractivity contribution in [3.8, 4) is 0 Å². The number of hydrogen-bond donors (Lipinski definition) is 0. The average Bonchev–Trinajstić information content (AvgIpc) is 2.28. The van der Waals surface area contributed by atoms with Gasteiger partial charge in [-0.15, -0.1) is 0 Å². The molecule has 0 radical (unpaired) electrons. The summed E-state index contributed by atoms with van der Waals surface area (Å²) in [6.07, 6.45) is 0. The molecular weight excluding hydrogens is 245 g/mol. The van der Waals surface area contributed by atoms with Crippen LogP contribution in [0.25, 0.3) is 0 Å². The van der Waals surface area contributed by atoms with Gasteiger partial charge in [-0.3, -0.25) is 0 Å². The monoisotopic (exact) mass is 268 g/mol. The number of hydrogen-bond acceptors (Lipinski definition) is 1. The summed E-state index contributed by atoms with van der Waals surface area (Å²) in [7, 11) is 4.18. The molecule has 1 aromatic rings. The van der Waals surface area contributed by atoms with Crippen LogP contribution in [0.15, 0.2) is 24.3 Å². The van der Waals surface area contributed by atoms with Gasteiger partial charge in [0.25, 0.3) is 0 Å². The van der Waals surface area contributed by atoms with Gasteiger partial charge in [0, 0.05) is 0 Å².